The Morgan fingerprint density at radius 1 is 0.854 bits per heavy atom. The first kappa shape index (κ1) is 31.7. The van der Waals surface area contributed by atoms with Gasteiger partial charge in [-0.05, 0) is 72.3 Å². The quantitative estimate of drug-likeness (QED) is 0.108. The molecule has 3 aromatic carbocycles. The van der Waals surface area contributed by atoms with E-state index in [1.807, 2.05) is 24.4 Å². The number of hydrogen-bond donors (Lipinski definition) is 1. The first-order valence-electron chi connectivity index (χ1n) is 13.6. The van der Waals surface area contributed by atoms with Gasteiger partial charge in [0.05, 0.1) is 5.76 Å². The molecule has 5 heteroatoms. The van der Waals surface area contributed by atoms with Crippen LogP contribution in [0.25, 0.3) is 44.7 Å². The van der Waals surface area contributed by atoms with Gasteiger partial charge in [-0.2, -0.15) is 0 Å². The van der Waals surface area contributed by atoms with Gasteiger partial charge in [0, 0.05) is 43.3 Å². The molecule has 5 rings (SSSR count). The van der Waals surface area contributed by atoms with Crippen molar-refractivity contribution in [1.29, 1.82) is 0 Å². The Labute approximate surface area is 256 Å². The number of pyridine rings is 1. The number of furan rings is 1. The predicted octanol–water partition coefficient (Wildman–Crippen LogP) is 9.91. The molecule has 0 saturated heterocycles. The minimum atomic E-state index is -0.125. The van der Waals surface area contributed by atoms with Crippen LogP contribution in [0.1, 0.15) is 64.5 Å². The van der Waals surface area contributed by atoms with E-state index in [4.69, 9.17) is 14.5 Å². The molecule has 41 heavy (non-hydrogen) atoms. The van der Waals surface area contributed by atoms with Gasteiger partial charge in [0.15, 0.2) is 5.78 Å². The van der Waals surface area contributed by atoms with Crippen LogP contribution in [-0.4, -0.2) is 15.9 Å². The zero-order valence-corrected chi connectivity index (χ0v) is 26.8. The molecule has 2 aromatic heterocycles. The molecular formula is C36H36IrNO3-. The average Bonchev–Trinajstić information content (AvgIpc) is 3.36. The van der Waals surface area contributed by atoms with E-state index in [9.17, 15) is 4.79 Å². The summed E-state index contributed by atoms with van der Waals surface area (Å²) in [5.41, 5.74) is 8.79. The molecule has 0 spiro atoms. The van der Waals surface area contributed by atoms with E-state index in [2.05, 4.69) is 94.4 Å². The summed E-state index contributed by atoms with van der Waals surface area (Å²) in [7, 11) is 0. The second kappa shape index (κ2) is 14.2. The Morgan fingerprint density at radius 2 is 1.51 bits per heavy atom. The van der Waals surface area contributed by atoms with Crippen molar-refractivity contribution in [2.45, 2.75) is 53.4 Å². The molecule has 2 heterocycles. The number of ketones is 1. The Kier molecular flexibility index (Phi) is 11.0. The van der Waals surface area contributed by atoms with Crippen LogP contribution in [0.15, 0.2) is 101 Å². The molecular weight excluding hydrogens is 687 g/mol. The fraction of sp³-hybridized carbons (Fsp3) is 0.222. The fourth-order valence-electron chi connectivity index (χ4n) is 4.43. The third-order valence-electron chi connectivity index (χ3n) is 6.59. The molecule has 0 aliphatic rings. The fourth-order valence-corrected chi connectivity index (χ4v) is 4.43. The summed E-state index contributed by atoms with van der Waals surface area (Å²) in [4.78, 5) is 14.7. The van der Waals surface area contributed by atoms with Crippen LogP contribution in [-0.2, 0) is 24.9 Å². The zero-order chi connectivity index (χ0) is 28.8. The minimum absolute atomic E-state index is 0. The van der Waals surface area contributed by atoms with Crippen molar-refractivity contribution in [2.24, 2.45) is 0 Å². The maximum atomic E-state index is 10.0. The molecule has 5 aromatic rings. The summed E-state index contributed by atoms with van der Waals surface area (Å²) < 4.78 is 6.35. The number of nitrogens with zero attached hydrogens (tertiary/aromatic N) is 1. The summed E-state index contributed by atoms with van der Waals surface area (Å²) in [6.45, 7) is 11.8. The van der Waals surface area contributed by atoms with Crippen molar-refractivity contribution in [2.75, 3.05) is 0 Å². The van der Waals surface area contributed by atoms with Crippen molar-refractivity contribution in [1.82, 2.24) is 4.98 Å². The van der Waals surface area contributed by atoms with Crippen molar-refractivity contribution in [3.8, 4) is 33.7 Å². The Morgan fingerprint density at radius 3 is 2.07 bits per heavy atom. The summed E-state index contributed by atoms with van der Waals surface area (Å²) in [5.74, 6) is 1.75. The molecule has 213 valence electrons. The first-order valence-corrected chi connectivity index (χ1v) is 13.6. The van der Waals surface area contributed by atoms with Gasteiger partial charge in [-0.3, -0.25) is 4.79 Å². The van der Waals surface area contributed by atoms with E-state index in [1.54, 1.807) is 0 Å². The molecule has 0 unspecified atom stereocenters. The van der Waals surface area contributed by atoms with E-state index < -0.39 is 0 Å². The first-order chi connectivity index (χ1) is 19.1. The number of allylic oxidation sites excluding steroid dienone is 2. The molecule has 1 N–H and O–H groups in total. The molecule has 0 aliphatic heterocycles. The molecule has 0 bridgehead atoms. The van der Waals surface area contributed by atoms with E-state index in [0.29, 0.717) is 11.8 Å². The van der Waals surface area contributed by atoms with Crippen LogP contribution in [0.4, 0.5) is 0 Å². The summed E-state index contributed by atoms with van der Waals surface area (Å²) >= 11 is 0. The van der Waals surface area contributed by atoms with Gasteiger partial charge in [0.25, 0.3) is 0 Å². The van der Waals surface area contributed by atoms with Gasteiger partial charge in [-0.15, -0.1) is 35.4 Å². The summed E-state index contributed by atoms with van der Waals surface area (Å²) in [6.07, 6.45) is 3.07. The van der Waals surface area contributed by atoms with E-state index >= 15 is 0 Å². The second-order valence-electron chi connectivity index (χ2n) is 10.7. The molecule has 0 saturated carbocycles. The Hall–Kier alpha value is -3.79. The van der Waals surface area contributed by atoms with E-state index in [0.717, 1.165) is 39.1 Å². The van der Waals surface area contributed by atoms with Gasteiger partial charge in [-0.1, -0.05) is 64.1 Å². The monoisotopic (exact) mass is 723 g/mol. The number of carbonyl (C=O) groups excluding carboxylic acids is 1. The van der Waals surface area contributed by atoms with Crippen LogP contribution < -0.4 is 0 Å². The van der Waals surface area contributed by atoms with Crippen molar-refractivity contribution < 1.29 is 34.4 Å². The summed E-state index contributed by atoms with van der Waals surface area (Å²) in [5, 5.41) is 9.37. The number of aromatic nitrogens is 1. The van der Waals surface area contributed by atoms with Gasteiger partial charge in [-0.25, -0.2) is 0 Å². The van der Waals surface area contributed by atoms with Crippen LogP contribution in [0.2, 0.25) is 0 Å². The molecule has 0 fully saturated rings. The predicted molar refractivity (Wildman–Crippen MR) is 164 cm³/mol. The zero-order valence-electron chi connectivity index (χ0n) is 24.4. The van der Waals surface area contributed by atoms with Crippen LogP contribution >= 0.6 is 0 Å². The van der Waals surface area contributed by atoms with Gasteiger partial charge < -0.3 is 14.5 Å². The molecule has 4 nitrogen and oxygen atoms in total. The number of hydrogen-bond acceptors (Lipinski definition) is 4. The molecule has 0 amide bonds. The normalized spacial score (nSPS) is 11.3. The van der Waals surface area contributed by atoms with Gasteiger partial charge >= 0.3 is 0 Å². The topological polar surface area (TPSA) is 63.3 Å². The molecule has 1 radical (unpaired) electrons. The third kappa shape index (κ3) is 8.36. The van der Waals surface area contributed by atoms with Crippen molar-refractivity contribution in [3.05, 3.63) is 114 Å². The van der Waals surface area contributed by atoms with Gasteiger partial charge in [0.1, 0.15) is 11.3 Å². The minimum Gasteiger partial charge on any atom is -0.512 e. The number of fused-ring (bicyclic) bond motifs is 1. The SMILES string of the molecule is CC(=O)/C=C(/C)O.CC(C)c1cc(-c2cc3cnc(-c4[c-]ccc(-c5ccccc5)c4)cc3o2)cc(C(C)C)c1.[Ir]. The number of aliphatic hydroxyl groups is 1. The molecule has 0 atom stereocenters. The number of aliphatic hydroxyl groups excluding tert-OH is 1. The van der Waals surface area contributed by atoms with Crippen LogP contribution in [0.3, 0.4) is 0 Å². The van der Waals surface area contributed by atoms with Gasteiger partial charge in [0.2, 0.25) is 0 Å². The number of carbonyl (C=O) groups is 1. The standard InChI is InChI=1S/C31H28NO.C5H8O2.Ir/c1-20(2)25-14-26(21(3)4)16-27(15-25)30-17-28-19-32-29(18-31(28)33-30)24-12-8-11-23(13-24)22-9-6-5-7-10-22;1-4(6)3-5(2)7;/h5-11,13-21H,1-4H3;3,6H,1-2H3;/q-1;;/b;4-3-;. The van der Waals surface area contributed by atoms with Crippen molar-refractivity contribution >= 4 is 16.8 Å². The number of rotatable bonds is 6. The van der Waals surface area contributed by atoms with Crippen LogP contribution in [0.5, 0.6) is 0 Å². The molecule has 0 aliphatic carbocycles. The third-order valence-corrected chi connectivity index (χ3v) is 6.59. The smallest absolute Gasteiger partial charge is 0.155 e. The Balaban J connectivity index is 0.000000516. The average molecular weight is 723 g/mol. The van der Waals surface area contributed by atoms with E-state index in [-0.39, 0.29) is 31.6 Å². The maximum Gasteiger partial charge on any atom is 0.155 e. The largest absolute Gasteiger partial charge is 0.512 e. The van der Waals surface area contributed by atoms with E-state index in [1.165, 1.54) is 36.6 Å². The van der Waals surface area contributed by atoms with Crippen LogP contribution in [0, 0.1) is 6.07 Å². The second-order valence-corrected chi connectivity index (χ2v) is 10.7. The number of benzene rings is 3. The Bertz CT molecular complexity index is 1620. The summed E-state index contributed by atoms with van der Waals surface area (Å²) in [6, 6.07) is 30.8. The van der Waals surface area contributed by atoms with Crippen molar-refractivity contribution in [3.63, 3.8) is 0 Å². The maximum absolute atomic E-state index is 10.0.